The van der Waals surface area contributed by atoms with Crippen LogP contribution in [0.2, 0.25) is 0 Å². The highest BCUT2D eigenvalue weighted by Crippen LogP contribution is 2.50. The van der Waals surface area contributed by atoms with Gasteiger partial charge in [0, 0.05) is 43.7 Å². The van der Waals surface area contributed by atoms with E-state index < -0.39 is 12.0 Å². The van der Waals surface area contributed by atoms with Gasteiger partial charge in [-0.3, -0.25) is 9.59 Å². The average Bonchev–Trinajstić information content (AvgIpc) is 3.64. The third-order valence-electron chi connectivity index (χ3n) is 7.78. The largest absolute Gasteiger partial charge is 0.350 e. The smallest absolute Gasteiger partial charge is 0.274 e. The summed E-state index contributed by atoms with van der Waals surface area (Å²) in [5.74, 6) is -3.95. The fraction of sp³-hybridized carbons (Fsp3) is 0.393. The van der Waals surface area contributed by atoms with E-state index in [0.717, 1.165) is 31.4 Å². The third kappa shape index (κ3) is 4.33. The molecule has 10 heteroatoms. The van der Waals surface area contributed by atoms with Crippen LogP contribution in [-0.2, 0) is 0 Å². The van der Waals surface area contributed by atoms with E-state index in [4.69, 9.17) is 0 Å². The van der Waals surface area contributed by atoms with Crippen molar-refractivity contribution in [1.82, 2.24) is 19.6 Å². The predicted molar refractivity (Wildman–Crippen MR) is 145 cm³/mol. The van der Waals surface area contributed by atoms with Gasteiger partial charge in [-0.1, -0.05) is 29.8 Å². The minimum atomic E-state index is -2.75. The average molecular weight is 555 g/mol. The molecule has 0 unspecified atom stereocenters. The number of halogens is 2. The highest BCUT2D eigenvalue weighted by molar-refractivity contribution is 7.16. The topological polar surface area (TPSA) is 66.7 Å². The first-order valence-electron chi connectivity index (χ1n) is 12.7. The zero-order valence-electron chi connectivity index (χ0n) is 21.3. The van der Waals surface area contributed by atoms with E-state index in [1.54, 1.807) is 4.90 Å². The molecule has 198 valence electrons. The van der Waals surface area contributed by atoms with Crippen LogP contribution in [0, 0.1) is 32.6 Å². The van der Waals surface area contributed by atoms with Gasteiger partial charge < -0.3 is 14.6 Å². The summed E-state index contributed by atoms with van der Waals surface area (Å²) in [6, 6.07) is 7.39. The van der Waals surface area contributed by atoms with Crippen molar-refractivity contribution in [2.75, 3.05) is 13.1 Å². The molecule has 4 heterocycles. The first-order chi connectivity index (χ1) is 18.1. The quantitative estimate of drug-likeness (QED) is 0.331. The van der Waals surface area contributed by atoms with Gasteiger partial charge in [-0.15, -0.1) is 22.7 Å². The van der Waals surface area contributed by atoms with Crippen LogP contribution in [0.3, 0.4) is 0 Å². The summed E-state index contributed by atoms with van der Waals surface area (Å²) in [7, 11) is 0. The van der Waals surface area contributed by atoms with E-state index in [1.807, 2.05) is 67.2 Å². The number of alkyl halides is 2. The fourth-order valence-electron chi connectivity index (χ4n) is 6.17. The highest BCUT2D eigenvalue weighted by atomic mass is 32.1. The van der Waals surface area contributed by atoms with Crippen molar-refractivity contribution in [1.29, 1.82) is 0 Å². The molecule has 6 rings (SSSR count). The summed E-state index contributed by atoms with van der Waals surface area (Å²) in [6.07, 6.45) is 3.29. The van der Waals surface area contributed by atoms with E-state index >= 15 is 0 Å². The zero-order valence-corrected chi connectivity index (χ0v) is 23.0. The summed E-state index contributed by atoms with van der Waals surface area (Å²) >= 11 is 2.93. The summed E-state index contributed by atoms with van der Waals surface area (Å²) in [6.45, 7) is 6.10. The Morgan fingerprint density at radius 1 is 1.21 bits per heavy atom. The molecule has 2 amide bonds. The van der Waals surface area contributed by atoms with Gasteiger partial charge in [-0.05, 0) is 43.7 Å². The number of aromatic nitrogens is 2. The van der Waals surface area contributed by atoms with Crippen LogP contribution in [0.15, 0.2) is 42.0 Å². The number of hydrogen-bond acceptors (Lipinski definition) is 5. The Labute approximate surface area is 227 Å². The van der Waals surface area contributed by atoms with Crippen LogP contribution < -0.4 is 5.32 Å². The number of rotatable bonds is 5. The number of thiazole rings is 2. The second-order valence-corrected chi connectivity index (χ2v) is 12.6. The Kier molecular flexibility index (Phi) is 6.14. The molecule has 3 aromatic heterocycles. The lowest BCUT2D eigenvalue weighted by Gasteiger charge is -2.29. The van der Waals surface area contributed by atoms with Crippen molar-refractivity contribution in [2.45, 2.75) is 45.6 Å². The monoisotopic (exact) mass is 554 g/mol. The molecular formula is C28H28F2N4O2S2. The number of likely N-dealkylation sites (tertiary alicyclic amines) is 1. The van der Waals surface area contributed by atoms with Gasteiger partial charge in [0.1, 0.15) is 10.5 Å². The number of carbonyl (C=O) groups is 2. The van der Waals surface area contributed by atoms with Crippen molar-refractivity contribution >= 4 is 39.3 Å². The Morgan fingerprint density at radius 2 is 2.03 bits per heavy atom. The van der Waals surface area contributed by atoms with E-state index in [9.17, 15) is 18.4 Å². The van der Waals surface area contributed by atoms with E-state index in [2.05, 4.69) is 10.3 Å². The van der Waals surface area contributed by atoms with Crippen molar-refractivity contribution in [3.63, 3.8) is 0 Å². The van der Waals surface area contributed by atoms with E-state index in [1.165, 1.54) is 22.7 Å². The second-order valence-electron chi connectivity index (χ2n) is 10.5. The fourth-order valence-corrected chi connectivity index (χ4v) is 8.00. The maximum Gasteiger partial charge on any atom is 0.274 e. The van der Waals surface area contributed by atoms with Crippen LogP contribution in [0.1, 0.15) is 49.8 Å². The number of amides is 2. The Bertz CT molecular complexity index is 1560. The van der Waals surface area contributed by atoms with Gasteiger partial charge in [-0.25, -0.2) is 13.8 Å². The SMILES string of the molecule is Cc1cccc(-c2sc(C)nc2C(=O)N2C[C@@H]3CC(F)(F)C[C@@H]3[C@H]2CNC(=O)c2c(C)cn3ccsc23)c1. The molecule has 38 heavy (non-hydrogen) atoms. The minimum Gasteiger partial charge on any atom is -0.350 e. The van der Waals surface area contributed by atoms with Crippen LogP contribution in [0.25, 0.3) is 15.3 Å². The Hall–Kier alpha value is -3.11. The molecule has 6 nitrogen and oxygen atoms in total. The molecule has 1 aliphatic carbocycles. The number of hydrogen-bond donors (Lipinski definition) is 1. The molecule has 2 aliphatic rings. The molecule has 1 aliphatic heterocycles. The van der Waals surface area contributed by atoms with Gasteiger partial charge >= 0.3 is 0 Å². The standard InChI is InChI=1S/C28H28F2N4O2S2/c1-15-5-4-6-18(9-15)24-23(32-17(3)38-24)26(36)34-14-19-10-28(29,30)11-20(19)21(34)12-31-25(35)22-16(2)13-33-7-8-37-27(22)33/h4-9,13,19-21H,10-12,14H2,1-3H3,(H,31,35)/t19-,20-,21+/m0/s1. The first-order valence-corrected chi connectivity index (χ1v) is 14.4. The molecule has 0 bridgehead atoms. The van der Waals surface area contributed by atoms with Gasteiger partial charge in [-0.2, -0.15) is 0 Å². The summed E-state index contributed by atoms with van der Waals surface area (Å²) in [5.41, 5.74) is 3.77. The number of fused-ring (bicyclic) bond motifs is 2. The van der Waals surface area contributed by atoms with Crippen molar-refractivity contribution in [2.24, 2.45) is 11.8 Å². The first kappa shape index (κ1) is 25.2. The van der Waals surface area contributed by atoms with E-state index in [-0.39, 0.29) is 49.6 Å². The molecule has 1 aromatic carbocycles. The zero-order chi connectivity index (χ0) is 26.8. The molecule has 1 N–H and O–H groups in total. The number of aryl methyl sites for hydroxylation is 3. The Balaban J connectivity index is 1.30. The minimum absolute atomic E-state index is 0.118. The molecular weight excluding hydrogens is 526 g/mol. The lowest BCUT2D eigenvalue weighted by atomic mass is 9.94. The maximum absolute atomic E-state index is 14.4. The third-order valence-corrected chi connectivity index (χ3v) is 9.70. The van der Waals surface area contributed by atoms with Crippen molar-refractivity contribution in [3.8, 4) is 10.4 Å². The lowest BCUT2D eigenvalue weighted by molar-refractivity contribution is -0.00609. The van der Waals surface area contributed by atoms with Gasteiger partial charge in [0.2, 0.25) is 5.92 Å². The molecule has 3 atom stereocenters. The molecule has 1 saturated heterocycles. The van der Waals surface area contributed by atoms with E-state index in [0.29, 0.717) is 11.3 Å². The maximum atomic E-state index is 14.4. The molecule has 2 fully saturated rings. The number of nitrogens with zero attached hydrogens (tertiary/aromatic N) is 3. The van der Waals surface area contributed by atoms with Crippen LogP contribution in [-0.4, -0.2) is 51.2 Å². The number of nitrogens with one attached hydrogen (secondary N) is 1. The number of carbonyl (C=O) groups excluding carboxylic acids is 2. The van der Waals surface area contributed by atoms with Gasteiger partial charge in [0.05, 0.1) is 21.5 Å². The molecule has 0 radical (unpaired) electrons. The second kappa shape index (κ2) is 9.27. The van der Waals surface area contributed by atoms with Crippen molar-refractivity contribution in [3.05, 3.63) is 69.4 Å². The summed E-state index contributed by atoms with van der Waals surface area (Å²) in [5, 5.41) is 5.66. The summed E-state index contributed by atoms with van der Waals surface area (Å²) in [4.78, 5) is 35.1. The molecule has 0 spiro atoms. The van der Waals surface area contributed by atoms with Crippen molar-refractivity contribution < 1.29 is 18.4 Å². The number of benzene rings is 1. The van der Waals surface area contributed by atoms with Crippen LogP contribution >= 0.6 is 22.7 Å². The van der Waals surface area contributed by atoms with Gasteiger partial charge in [0.25, 0.3) is 11.8 Å². The summed E-state index contributed by atoms with van der Waals surface area (Å²) < 4.78 is 30.8. The molecule has 1 saturated carbocycles. The van der Waals surface area contributed by atoms with Crippen LogP contribution in [0.4, 0.5) is 8.78 Å². The van der Waals surface area contributed by atoms with Gasteiger partial charge in [0.15, 0.2) is 0 Å². The van der Waals surface area contributed by atoms with Crippen LogP contribution in [0.5, 0.6) is 0 Å². The predicted octanol–water partition coefficient (Wildman–Crippen LogP) is 5.97. The lowest BCUT2D eigenvalue weighted by Crippen LogP contribution is -2.46. The highest BCUT2D eigenvalue weighted by Gasteiger charge is 2.56. The normalized spacial score (nSPS) is 22.2. The molecule has 4 aromatic rings. The Morgan fingerprint density at radius 3 is 2.82 bits per heavy atom.